The van der Waals surface area contributed by atoms with E-state index in [0.717, 1.165) is 30.4 Å². The van der Waals surface area contributed by atoms with Gasteiger partial charge in [0.05, 0.1) is 4.90 Å². The molecule has 1 unspecified atom stereocenters. The van der Waals surface area contributed by atoms with Gasteiger partial charge in [-0.25, -0.2) is 13.1 Å². The Hall–Kier alpha value is -2.11. The molecule has 26 heavy (non-hydrogen) atoms. The van der Waals surface area contributed by atoms with Crippen LogP contribution in [0, 0.1) is 13.8 Å². The van der Waals surface area contributed by atoms with E-state index in [1.54, 1.807) is 6.07 Å². The molecule has 3 aromatic rings. The molecule has 4 rings (SSSR count). The molecule has 0 aliphatic heterocycles. The number of benzene rings is 2. The van der Waals surface area contributed by atoms with Crippen LogP contribution < -0.4 is 4.72 Å². The molecule has 1 aliphatic carbocycles. The van der Waals surface area contributed by atoms with Crippen molar-refractivity contribution in [3.8, 4) is 0 Å². The van der Waals surface area contributed by atoms with E-state index >= 15 is 0 Å². The molecule has 1 aliphatic rings. The minimum atomic E-state index is -3.52. The first kappa shape index (κ1) is 17.3. The van der Waals surface area contributed by atoms with Gasteiger partial charge in [-0.05, 0) is 61.9 Å². The Balaban J connectivity index is 1.66. The van der Waals surface area contributed by atoms with Crippen LogP contribution in [0.5, 0.6) is 0 Å². The van der Waals surface area contributed by atoms with Crippen LogP contribution in [0.3, 0.4) is 0 Å². The number of hydrogen-bond donors (Lipinski definition) is 1. The second-order valence-electron chi connectivity index (χ2n) is 7.33. The molecule has 1 atom stereocenters. The average Bonchev–Trinajstić information content (AvgIpc) is 2.89. The lowest BCUT2D eigenvalue weighted by Gasteiger charge is -2.25. The summed E-state index contributed by atoms with van der Waals surface area (Å²) in [4.78, 5) is 0.390. The number of aryl methyl sites for hydroxylation is 3. The quantitative estimate of drug-likeness (QED) is 0.767. The van der Waals surface area contributed by atoms with Crippen molar-refractivity contribution in [3.63, 3.8) is 0 Å². The van der Waals surface area contributed by atoms with Crippen molar-refractivity contribution >= 4 is 20.9 Å². The van der Waals surface area contributed by atoms with Crippen LogP contribution in [0.25, 0.3) is 10.9 Å². The first-order valence-corrected chi connectivity index (χ1v) is 10.5. The highest BCUT2D eigenvalue weighted by atomic mass is 32.2. The molecule has 2 aromatic carbocycles. The van der Waals surface area contributed by atoms with E-state index < -0.39 is 10.0 Å². The van der Waals surface area contributed by atoms with Crippen LogP contribution in [0.4, 0.5) is 0 Å². The van der Waals surface area contributed by atoms with Crippen molar-refractivity contribution < 1.29 is 8.42 Å². The molecule has 1 aromatic heterocycles. The van der Waals surface area contributed by atoms with E-state index in [1.165, 1.54) is 22.2 Å². The van der Waals surface area contributed by atoms with Gasteiger partial charge in [-0.2, -0.15) is 0 Å². The number of aromatic nitrogens is 1. The number of fused-ring (bicyclic) bond motifs is 3. The summed E-state index contributed by atoms with van der Waals surface area (Å²) in [5, 5.41) is 1.24. The summed E-state index contributed by atoms with van der Waals surface area (Å²) in [7, 11) is -1.42. The summed E-state index contributed by atoms with van der Waals surface area (Å²) >= 11 is 0. The Morgan fingerprint density at radius 3 is 2.69 bits per heavy atom. The minimum absolute atomic E-state index is 0.0711. The fourth-order valence-corrected chi connectivity index (χ4v) is 5.71. The predicted octanol–water partition coefficient (Wildman–Crippen LogP) is 3.63. The van der Waals surface area contributed by atoms with Gasteiger partial charge in [0.15, 0.2) is 0 Å². The Bertz CT molecular complexity index is 1100. The van der Waals surface area contributed by atoms with Gasteiger partial charge in [0, 0.05) is 29.7 Å². The number of hydrogen-bond acceptors (Lipinski definition) is 2. The summed E-state index contributed by atoms with van der Waals surface area (Å²) in [5.41, 5.74) is 5.56. The zero-order valence-electron chi connectivity index (χ0n) is 15.4. The minimum Gasteiger partial charge on any atom is -0.347 e. The first-order chi connectivity index (χ1) is 12.4. The summed E-state index contributed by atoms with van der Waals surface area (Å²) < 4.78 is 31.1. The van der Waals surface area contributed by atoms with Gasteiger partial charge in [-0.1, -0.05) is 30.3 Å². The third-order valence-corrected chi connectivity index (χ3v) is 7.14. The molecule has 1 N–H and O–H groups in total. The molecule has 0 fully saturated rings. The van der Waals surface area contributed by atoms with Crippen LogP contribution >= 0.6 is 0 Å². The molecule has 1 heterocycles. The Labute approximate surface area is 154 Å². The van der Waals surface area contributed by atoms with Crippen molar-refractivity contribution in [2.45, 2.75) is 44.0 Å². The van der Waals surface area contributed by atoms with E-state index in [1.807, 2.05) is 32.0 Å². The zero-order chi connectivity index (χ0) is 18.5. The van der Waals surface area contributed by atoms with Crippen molar-refractivity contribution in [1.29, 1.82) is 0 Å². The molecule has 0 amide bonds. The number of nitrogens with one attached hydrogen (secondary N) is 1. The van der Waals surface area contributed by atoms with E-state index in [-0.39, 0.29) is 6.04 Å². The maximum atomic E-state index is 12.9. The van der Waals surface area contributed by atoms with Gasteiger partial charge in [-0.3, -0.25) is 0 Å². The fraction of sp³-hybridized carbons (Fsp3) is 0.333. The third-order valence-electron chi connectivity index (χ3n) is 5.48. The van der Waals surface area contributed by atoms with Gasteiger partial charge in [-0.15, -0.1) is 0 Å². The summed E-state index contributed by atoms with van der Waals surface area (Å²) in [6, 6.07) is 13.9. The lowest BCUT2D eigenvalue weighted by atomic mass is 9.92. The van der Waals surface area contributed by atoms with E-state index in [0.29, 0.717) is 4.90 Å². The normalized spacial score (nSPS) is 17.4. The standard InChI is InChI=1S/C21H24N2O2S/c1-14-8-9-15(2)21(12-14)26(24,25)22-16-10-11-20-18(13-16)17-6-4-5-7-19(17)23(20)3/h4-9,12,16,22H,10-11,13H2,1-3H3. The highest BCUT2D eigenvalue weighted by molar-refractivity contribution is 7.89. The average molecular weight is 369 g/mol. The second-order valence-corrected chi connectivity index (χ2v) is 9.01. The second kappa shape index (κ2) is 6.25. The predicted molar refractivity (Wildman–Crippen MR) is 105 cm³/mol. The SMILES string of the molecule is Cc1ccc(C)c(S(=O)(=O)NC2CCc3c(c4ccccc4n3C)C2)c1. The van der Waals surface area contributed by atoms with Crippen LogP contribution in [-0.2, 0) is 29.9 Å². The van der Waals surface area contributed by atoms with Crippen molar-refractivity contribution in [3.05, 3.63) is 64.8 Å². The first-order valence-electron chi connectivity index (χ1n) is 9.01. The van der Waals surface area contributed by atoms with Crippen molar-refractivity contribution in [1.82, 2.24) is 9.29 Å². The smallest absolute Gasteiger partial charge is 0.241 e. The Morgan fingerprint density at radius 1 is 1.12 bits per heavy atom. The van der Waals surface area contributed by atoms with Crippen molar-refractivity contribution in [2.75, 3.05) is 0 Å². The number of nitrogens with zero attached hydrogens (tertiary/aromatic N) is 1. The maximum absolute atomic E-state index is 12.9. The lowest BCUT2D eigenvalue weighted by molar-refractivity contribution is 0.501. The summed E-state index contributed by atoms with van der Waals surface area (Å²) in [6.07, 6.45) is 2.45. The third kappa shape index (κ3) is 2.85. The molecule has 0 saturated heterocycles. The molecule has 0 spiro atoms. The highest BCUT2D eigenvalue weighted by Crippen LogP contribution is 2.32. The van der Waals surface area contributed by atoms with Crippen LogP contribution in [0.15, 0.2) is 47.4 Å². The highest BCUT2D eigenvalue weighted by Gasteiger charge is 2.28. The monoisotopic (exact) mass is 368 g/mol. The number of rotatable bonds is 3. The van der Waals surface area contributed by atoms with Crippen LogP contribution in [0.1, 0.15) is 28.8 Å². The largest absolute Gasteiger partial charge is 0.347 e. The van der Waals surface area contributed by atoms with Crippen LogP contribution in [0.2, 0.25) is 0 Å². The van der Waals surface area contributed by atoms with Gasteiger partial charge in [0.25, 0.3) is 0 Å². The number of para-hydroxylation sites is 1. The lowest BCUT2D eigenvalue weighted by Crippen LogP contribution is -2.39. The van der Waals surface area contributed by atoms with Crippen LogP contribution in [-0.4, -0.2) is 19.0 Å². The molecule has 0 bridgehead atoms. The van der Waals surface area contributed by atoms with E-state index in [9.17, 15) is 8.42 Å². The maximum Gasteiger partial charge on any atom is 0.241 e. The topological polar surface area (TPSA) is 51.1 Å². The summed E-state index contributed by atoms with van der Waals surface area (Å²) in [5.74, 6) is 0. The molecule has 0 saturated carbocycles. The molecular weight excluding hydrogens is 344 g/mol. The molecule has 4 nitrogen and oxygen atoms in total. The molecule has 5 heteroatoms. The molecular formula is C21H24N2O2S. The zero-order valence-corrected chi connectivity index (χ0v) is 16.2. The van der Waals surface area contributed by atoms with Gasteiger partial charge in [0.1, 0.15) is 0 Å². The van der Waals surface area contributed by atoms with E-state index in [4.69, 9.17) is 0 Å². The van der Waals surface area contributed by atoms with Crippen molar-refractivity contribution in [2.24, 2.45) is 7.05 Å². The van der Waals surface area contributed by atoms with Gasteiger partial charge < -0.3 is 4.57 Å². The Kier molecular flexibility index (Phi) is 4.16. The summed E-state index contributed by atoms with van der Waals surface area (Å²) in [6.45, 7) is 3.76. The molecule has 136 valence electrons. The van der Waals surface area contributed by atoms with E-state index in [2.05, 4.69) is 34.5 Å². The molecule has 0 radical (unpaired) electrons. The van der Waals surface area contributed by atoms with Gasteiger partial charge >= 0.3 is 0 Å². The van der Waals surface area contributed by atoms with Gasteiger partial charge in [0.2, 0.25) is 10.0 Å². The Morgan fingerprint density at radius 2 is 1.88 bits per heavy atom. The fourth-order valence-electron chi connectivity index (χ4n) is 4.11. The number of sulfonamides is 1.